The van der Waals surface area contributed by atoms with Gasteiger partial charge in [-0.25, -0.2) is 4.79 Å². The van der Waals surface area contributed by atoms with Crippen molar-refractivity contribution < 1.29 is 9.53 Å². The Kier molecular flexibility index (Phi) is 2.77. The molecule has 2 rings (SSSR count). The van der Waals surface area contributed by atoms with Crippen LogP contribution in [0.15, 0.2) is 18.5 Å². The number of nitrogens with zero attached hydrogens (tertiary/aromatic N) is 1. The summed E-state index contributed by atoms with van der Waals surface area (Å²) in [6.45, 7) is 0. The monoisotopic (exact) mass is 208 g/mol. The molecule has 0 amide bonds. The van der Waals surface area contributed by atoms with Crippen LogP contribution < -0.4 is 5.73 Å². The van der Waals surface area contributed by atoms with Crippen LogP contribution in [0, 0.1) is 0 Å². The highest BCUT2D eigenvalue weighted by Crippen LogP contribution is 2.29. The van der Waals surface area contributed by atoms with Gasteiger partial charge in [0.15, 0.2) is 0 Å². The van der Waals surface area contributed by atoms with Gasteiger partial charge in [0, 0.05) is 24.5 Å². The molecule has 0 spiro atoms. The average Bonchev–Trinajstić information content (AvgIpc) is 2.84. The van der Waals surface area contributed by atoms with E-state index in [0.29, 0.717) is 11.6 Å². The van der Waals surface area contributed by atoms with Crippen molar-refractivity contribution in [3.63, 3.8) is 0 Å². The summed E-state index contributed by atoms with van der Waals surface area (Å²) >= 11 is 0. The van der Waals surface area contributed by atoms with E-state index >= 15 is 0 Å². The minimum atomic E-state index is -0.291. The van der Waals surface area contributed by atoms with Gasteiger partial charge >= 0.3 is 5.97 Å². The van der Waals surface area contributed by atoms with Crippen molar-refractivity contribution in [2.45, 2.75) is 31.3 Å². The number of carbonyl (C=O) groups excluding carboxylic acids is 1. The smallest absolute Gasteiger partial charge is 0.339 e. The number of aromatic nitrogens is 1. The minimum absolute atomic E-state index is 0.211. The Labute approximate surface area is 89.0 Å². The lowest BCUT2D eigenvalue weighted by Crippen LogP contribution is -2.26. The number of methoxy groups -OCH3 is 1. The van der Waals surface area contributed by atoms with Crippen molar-refractivity contribution in [3.8, 4) is 0 Å². The Morgan fingerprint density at radius 1 is 1.60 bits per heavy atom. The first-order valence-corrected chi connectivity index (χ1v) is 5.23. The van der Waals surface area contributed by atoms with Crippen LogP contribution in [0.25, 0.3) is 0 Å². The van der Waals surface area contributed by atoms with Crippen molar-refractivity contribution in [1.29, 1.82) is 0 Å². The van der Waals surface area contributed by atoms with Crippen molar-refractivity contribution in [2.24, 2.45) is 5.73 Å². The molecule has 15 heavy (non-hydrogen) atoms. The third kappa shape index (κ3) is 1.90. The number of hydrogen-bond acceptors (Lipinski definition) is 3. The molecule has 2 N–H and O–H groups in total. The van der Waals surface area contributed by atoms with Crippen LogP contribution in [-0.4, -0.2) is 23.7 Å². The topological polar surface area (TPSA) is 57.2 Å². The minimum Gasteiger partial charge on any atom is -0.465 e. The number of rotatable bonds is 2. The van der Waals surface area contributed by atoms with Crippen molar-refractivity contribution in [1.82, 2.24) is 4.57 Å². The predicted molar refractivity (Wildman–Crippen MR) is 56.6 cm³/mol. The lowest BCUT2D eigenvalue weighted by Gasteiger charge is -2.16. The van der Waals surface area contributed by atoms with Crippen molar-refractivity contribution >= 4 is 5.97 Å². The van der Waals surface area contributed by atoms with E-state index in [2.05, 4.69) is 4.74 Å². The first-order valence-electron chi connectivity index (χ1n) is 5.23. The Balaban J connectivity index is 2.16. The van der Waals surface area contributed by atoms with Gasteiger partial charge in [0.2, 0.25) is 0 Å². The highest BCUT2D eigenvalue weighted by Gasteiger charge is 2.25. The van der Waals surface area contributed by atoms with E-state index in [-0.39, 0.29) is 12.0 Å². The summed E-state index contributed by atoms with van der Waals surface area (Å²) in [5, 5.41) is 0. The Morgan fingerprint density at radius 2 is 2.40 bits per heavy atom. The molecule has 2 unspecified atom stereocenters. The maximum Gasteiger partial charge on any atom is 0.339 e. The molecule has 2 atom stereocenters. The van der Waals surface area contributed by atoms with Gasteiger partial charge in [-0.05, 0) is 25.3 Å². The summed E-state index contributed by atoms with van der Waals surface area (Å²) in [5.74, 6) is -0.291. The van der Waals surface area contributed by atoms with Crippen LogP contribution in [-0.2, 0) is 4.74 Å². The van der Waals surface area contributed by atoms with Crippen LogP contribution in [0.5, 0.6) is 0 Å². The van der Waals surface area contributed by atoms with Gasteiger partial charge in [-0.2, -0.15) is 0 Å². The standard InChI is InChI=1S/C11H16N2O2/c1-15-11(14)8-5-6-13(7-8)10-4-2-3-9(10)12/h5-7,9-10H,2-4,12H2,1H3. The number of ether oxygens (including phenoxy) is 1. The summed E-state index contributed by atoms with van der Waals surface area (Å²) in [4.78, 5) is 11.3. The van der Waals surface area contributed by atoms with Crippen LogP contribution in [0.4, 0.5) is 0 Å². The van der Waals surface area contributed by atoms with Gasteiger partial charge in [0.1, 0.15) is 0 Å². The van der Waals surface area contributed by atoms with E-state index in [1.165, 1.54) is 7.11 Å². The number of esters is 1. The quantitative estimate of drug-likeness (QED) is 0.746. The van der Waals surface area contributed by atoms with Crippen molar-refractivity contribution in [3.05, 3.63) is 24.0 Å². The number of hydrogen-bond donors (Lipinski definition) is 1. The lowest BCUT2D eigenvalue weighted by molar-refractivity contribution is 0.0600. The highest BCUT2D eigenvalue weighted by molar-refractivity contribution is 5.89. The third-order valence-electron chi connectivity index (χ3n) is 3.05. The van der Waals surface area contributed by atoms with Crippen LogP contribution >= 0.6 is 0 Å². The molecule has 0 aliphatic heterocycles. The molecule has 1 aliphatic rings. The zero-order valence-corrected chi connectivity index (χ0v) is 8.85. The molecule has 0 saturated heterocycles. The zero-order valence-electron chi connectivity index (χ0n) is 8.85. The fraction of sp³-hybridized carbons (Fsp3) is 0.545. The molecule has 4 nitrogen and oxygen atoms in total. The second-order valence-electron chi connectivity index (χ2n) is 4.00. The third-order valence-corrected chi connectivity index (χ3v) is 3.05. The zero-order chi connectivity index (χ0) is 10.8. The highest BCUT2D eigenvalue weighted by atomic mass is 16.5. The van der Waals surface area contributed by atoms with Gasteiger partial charge in [-0.3, -0.25) is 0 Å². The van der Waals surface area contributed by atoms with E-state index in [9.17, 15) is 4.79 Å². The summed E-state index contributed by atoms with van der Waals surface area (Å²) in [5.41, 5.74) is 6.59. The van der Waals surface area contributed by atoms with Crippen LogP contribution in [0.2, 0.25) is 0 Å². The van der Waals surface area contributed by atoms with Gasteiger partial charge in [0.25, 0.3) is 0 Å². The lowest BCUT2D eigenvalue weighted by atomic mass is 10.2. The molecular formula is C11H16N2O2. The fourth-order valence-corrected chi connectivity index (χ4v) is 2.20. The molecule has 82 valence electrons. The Bertz CT molecular complexity index is 359. The van der Waals surface area contributed by atoms with Gasteiger partial charge in [-0.1, -0.05) is 0 Å². The van der Waals surface area contributed by atoms with Gasteiger partial charge in [-0.15, -0.1) is 0 Å². The second-order valence-corrected chi connectivity index (χ2v) is 4.00. The molecule has 1 saturated carbocycles. The molecule has 1 heterocycles. The average molecular weight is 208 g/mol. The summed E-state index contributed by atoms with van der Waals surface area (Å²) in [6.07, 6.45) is 7.05. The van der Waals surface area contributed by atoms with Gasteiger partial charge < -0.3 is 15.0 Å². The molecule has 1 aromatic heterocycles. The fourth-order valence-electron chi connectivity index (χ4n) is 2.20. The number of carbonyl (C=O) groups is 1. The van der Waals surface area contributed by atoms with E-state index in [1.54, 1.807) is 6.07 Å². The van der Waals surface area contributed by atoms with E-state index < -0.39 is 0 Å². The van der Waals surface area contributed by atoms with Crippen molar-refractivity contribution in [2.75, 3.05) is 7.11 Å². The molecule has 0 aromatic carbocycles. The van der Waals surface area contributed by atoms with Gasteiger partial charge in [0.05, 0.1) is 12.7 Å². The maximum absolute atomic E-state index is 11.3. The summed E-state index contributed by atoms with van der Waals surface area (Å²) in [7, 11) is 1.39. The largest absolute Gasteiger partial charge is 0.465 e. The predicted octanol–water partition coefficient (Wildman–Crippen LogP) is 1.33. The molecular weight excluding hydrogens is 192 g/mol. The maximum atomic E-state index is 11.3. The van der Waals surface area contributed by atoms with Crippen LogP contribution in [0.3, 0.4) is 0 Å². The number of nitrogens with two attached hydrogens (primary N) is 1. The SMILES string of the molecule is COC(=O)c1ccn(C2CCCC2N)c1. The summed E-state index contributed by atoms with van der Waals surface area (Å²) in [6, 6.07) is 2.32. The first-order chi connectivity index (χ1) is 7.22. The Morgan fingerprint density at radius 3 is 3.00 bits per heavy atom. The summed E-state index contributed by atoms with van der Waals surface area (Å²) < 4.78 is 6.69. The van der Waals surface area contributed by atoms with E-state index in [4.69, 9.17) is 5.73 Å². The van der Waals surface area contributed by atoms with Crippen LogP contribution in [0.1, 0.15) is 35.7 Å². The molecule has 1 aliphatic carbocycles. The second kappa shape index (κ2) is 4.06. The molecule has 4 heteroatoms. The first kappa shape index (κ1) is 10.2. The Hall–Kier alpha value is -1.29. The van der Waals surface area contributed by atoms with E-state index in [0.717, 1.165) is 19.3 Å². The molecule has 1 fully saturated rings. The molecule has 1 aromatic rings. The van der Waals surface area contributed by atoms with E-state index in [1.807, 2.05) is 17.0 Å². The molecule has 0 radical (unpaired) electrons. The normalized spacial score (nSPS) is 25.5. The molecule has 0 bridgehead atoms.